The molecule has 0 aromatic heterocycles. The average molecular weight is 300 g/mol. The molecule has 3 rings (SSSR count). The lowest BCUT2D eigenvalue weighted by atomic mass is 10.0. The molecule has 1 aromatic carbocycles. The van der Waals surface area contributed by atoms with Crippen LogP contribution >= 0.6 is 0 Å². The molecule has 1 aliphatic carbocycles. The standard InChI is InChI=1S/C18H24N2O2/c1-13-4-2-3-5-15(13)12-17(21)20-10-8-16(9-11-20)19-18(22)14-6-7-14/h2-5,14,16H,6-12H2,1H3,(H,19,22). The predicted octanol–water partition coefficient (Wildman–Crippen LogP) is 2.05. The van der Waals surface area contributed by atoms with E-state index >= 15 is 0 Å². The number of piperidine rings is 1. The van der Waals surface area contributed by atoms with Crippen LogP contribution in [0.3, 0.4) is 0 Å². The molecular weight excluding hydrogens is 276 g/mol. The van der Waals surface area contributed by atoms with Gasteiger partial charge in [0.2, 0.25) is 11.8 Å². The maximum absolute atomic E-state index is 12.4. The number of hydrogen-bond acceptors (Lipinski definition) is 2. The highest BCUT2D eigenvalue weighted by atomic mass is 16.2. The lowest BCUT2D eigenvalue weighted by Crippen LogP contribution is -2.47. The van der Waals surface area contributed by atoms with Crippen LogP contribution in [0, 0.1) is 12.8 Å². The Morgan fingerprint density at radius 3 is 2.45 bits per heavy atom. The first-order chi connectivity index (χ1) is 10.6. The van der Waals surface area contributed by atoms with Crippen molar-refractivity contribution in [2.24, 2.45) is 5.92 Å². The van der Waals surface area contributed by atoms with Gasteiger partial charge >= 0.3 is 0 Å². The normalized spacial score (nSPS) is 19.0. The van der Waals surface area contributed by atoms with E-state index in [1.54, 1.807) is 0 Å². The Bertz CT molecular complexity index is 558. The highest BCUT2D eigenvalue weighted by Gasteiger charge is 2.32. The van der Waals surface area contributed by atoms with Crippen LogP contribution in [0.1, 0.15) is 36.8 Å². The molecule has 4 heteroatoms. The Balaban J connectivity index is 1.47. The molecule has 0 bridgehead atoms. The molecule has 0 atom stereocenters. The summed E-state index contributed by atoms with van der Waals surface area (Å²) in [6, 6.07) is 8.29. The molecule has 1 N–H and O–H groups in total. The van der Waals surface area contributed by atoms with E-state index < -0.39 is 0 Å². The molecule has 2 aliphatic rings. The zero-order chi connectivity index (χ0) is 15.5. The van der Waals surface area contributed by atoms with Crippen molar-refractivity contribution in [2.45, 2.75) is 45.1 Å². The first kappa shape index (κ1) is 15.1. The summed E-state index contributed by atoms with van der Waals surface area (Å²) < 4.78 is 0. The Hall–Kier alpha value is -1.84. The van der Waals surface area contributed by atoms with Gasteiger partial charge in [0.15, 0.2) is 0 Å². The summed E-state index contributed by atoms with van der Waals surface area (Å²) >= 11 is 0. The number of rotatable bonds is 4. The van der Waals surface area contributed by atoms with E-state index in [1.165, 1.54) is 5.56 Å². The molecule has 4 nitrogen and oxygen atoms in total. The second-order valence-electron chi connectivity index (χ2n) is 6.54. The van der Waals surface area contributed by atoms with Crippen LogP contribution in [-0.2, 0) is 16.0 Å². The van der Waals surface area contributed by atoms with Crippen molar-refractivity contribution in [3.05, 3.63) is 35.4 Å². The lowest BCUT2D eigenvalue weighted by molar-refractivity contribution is -0.131. The molecule has 1 aliphatic heterocycles. The van der Waals surface area contributed by atoms with Crippen molar-refractivity contribution in [3.63, 3.8) is 0 Å². The van der Waals surface area contributed by atoms with Gasteiger partial charge in [0.05, 0.1) is 6.42 Å². The Morgan fingerprint density at radius 2 is 1.82 bits per heavy atom. The van der Waals surface area contributed by atoms with Gasteiger partial charge in [-0.3, -0.25) is 9.59 Å². The van der Waals surface area contributed by atoms with Crippen LogP contribution in [0.5, 0.6) is 0 Å². The third-order valence-corrected chi connectivity index (χ3v) is 4.75. The fraction of sp³-hybridized carbons (Fsp3) is 0.556. The van der Waals surface area contributed by atoms with Crippen LogP contribution in [0.15, 0.2) is 24.3 Å². The SMILES string of the molecule is Cc1ccccc1CC(=O)N1CCC(NC(=O)C2CC2)CC1. The lowest BCUT2D eigenvalue weighted by Gasteiger charge is -2.32. The number of carbonyl (C=O) groups is 2. The van der Waals surface area contributed by atoms with Crippen LogP contribution < -0.4 is 5.32 Å². The molecule has 2 amide bonds. The third-order valence-electron chi connectivity index (χ3n) is 4.75. The van der Waals surface area contributed by atoms with E-state index in [2.05, 4.69) is 5.32 Å². The summed E-state index contributed by atoms with van der Waals surface area (Å²) in [6.45, 7) is 3.54. The number of hydrogen-bond donors (Lipinski definition) is 1. The molecule has 118 valence electrons. The Labute approximate surface area is 131 Å². The molecule has 0 radical (unpaired) electrons. The maximum atomic E-state index is 12.4. The third kappa shape index (κ3) is 3.67. The van der Waals surface area contributed by atoms with Gasteiger partial charge in [0.25, 0.3) is 0 Å². The van der Waals surface area contributed by atoms with Crippen LogP contribution in [0.4, 0.5) is 0 Å². The van der Waals surface area contributed by atoms with E-state index in [9.17, 15) is 9.59 Å². The van der Waals surface area contributed by atoms with Gasteiger partial charge in [-0.05, 0) is 43.7 Å². The monoisotopic (exact) mass is 300 g/mol. The summed E-state index contributed by atoms with van der Waals surface area (Å²) in [7, 11) is 0. The highest BCUT2D eigenvalue weighted by molar-refractivity contribution is 5.81. The molecule has 0 unspecified atom stereocenters. The van der Waals surface area contributed by atoms with Crippen LogP contribution in [0.2, 0.25) is 0 Å². The molecule has 1 saturated heterocycles. The molecule has 1 aromatic rings. The quantitative estimate of drug-likeness (QED) is 0.925. The van der Waals surface area contributed by atoms with Crippen LogP contribution in [-0.4, -0.2) is 35.8 Å². The summed E-state index contributed by atoms with van der Waals surface area (Å²) in [5, 5.41) is 3.12. The zero-order valence-electron chi connectivity index (χ0n) is 13.2. The van der Waals surface area contributed by atoms with Gasteiger partial charge in [0.1, 0.15) is 0 Å². The second kappa shape index (κ2) is 6.51. The number of likely N-dealkylation sites (tertiary alicyclic amines) is 1. The smallest absolute Gasteiger partial charge is 0.227 e. The predicted molar refractivity (Wildman–Crippen MR) is 85.4 cm³/mol. The van der Waals surface area contributed by atoms with Crippen LogP contribution in [0.25, 0.3) is 0 Å². The topological polar surface area (TPSA) is 49.4 Å². The molecule has 22 heavy (non-hydrogen) atoms. The molecule has 0 spiro atoms. The first-order valence-corrected chi connectivity index (χ1v) is 8.26. The minimum Gasteiger partial charge on any atom is -0.353 e. The van der Waals surface area contributed by atoms with Crippen molar-refractivity contribution in [3.8, 4) is 0 Å². The van der Waals surface area contributed by atoms with Crippen molar-refractivity contribution in [2.75, 3.05) is 13.1 Å². The molecular formula is C18H24N2O2. The first-order valence-electron chi connectivity index (χ1n) is 8.26. The number of nitrogens with zero attached hydrogens (tertiary/aromatic N) is 1. The fourth-order valence-corrected chi connectivity index (χ4v) is 3.02. The van der Waals surface area contributed by atoms with Gasteiger partial charge < -0.3 is 10.2 Å². The van der Waals surface area contributed by atoms with E-state index in [0.717, 1.165) is 44.3 Å². The van der Waals surface area contributed by atoms with Crippen molar-refractivity contribution < 1.29 is 9.59 Å². The number of benzene rings is 1. The Kier molecular flexibility index (Phi) is 4.46. The summed E-state index contributed by atoms with van der Waals surface area (Å²) in [4.78, 5) is 26.1. The van der Waals surface area contributed by atoms with Crippen molar-refractivity contribution >= 4 is 11.8 Å². The minimum atomic E-state index is 0.196. The molecule has 1 heterocycles. The van der Waals surface area contributed by atoms with Gasteiger partial charge in [-0.1, -0.05) is 24.3 Å². The average Bonchev–Trinajstić information content (AvgIpc) is 3.35. The Morgan fingerprint density at radius 1 is 1.14 bits per heavy atom. The summed E-state index contributed by atoms with van der Waals surface area (Å²) in [6.07, 6.45) is 4.31. The van der Waals surface area contributed by atoms with Gasteiger partial charge in [0, 0.05) is 25.0 Å². The van der Waals surface area contributed by atoms with Gasteiger partial charge in [-0.25, -0.2) is 0 Å². The van der Waals surface area contributed by atoms with E-state index in [-0.39, 0.29) is 23.8 Å². The van der Waals surface area contributed by atoms with E-state index in [1.807, 2.05) is 36.1 Å². The van der Waals surface area contributed by atoms with E-state index in [0.29, 0.717) is 6.42 Å². The van der Waals surface area contributed by atoms with Gasteiger partial charge in [-0.2, -0.15) is 0 Å². The number of aryl methyl sites for hydroxylation is 1. The number of nitrogens with one attached hydrogen (secondary N) is 1. The number of amides is 2. The number of carbonyl (C=O) groups excluding carboxylic acids is 2. The maximum Gasteiger partial charge on any atom is 0.227 e. The largest absolute Gasteiger partial charge is 0.353 e. The van der Waals surface area contributed by atoms with Crippen molar-refractivity contribution in [1.82, 2.24) is 10.2 Å². The molecule has 1 saturated carbocycles. The zero-order valence-corrected chi connectivity index (χ0v) is 13.2. The molecule has 2 fully saturated rings. The second-order valence-corrected chi connectivity index (χ2v) is 6.54. The minimum absolute atomic E-state index is 0.196. The van der Waals surface area contributed by atoms with Crippen molar-refractivity contribution in [1.29, 1.82) is 0 Å². The fourth-order valence-electron chi connectivity index (χ4n) is 3.02. The van der Waals surface area contributed by atoms with E-state index in [4.69, 9.17) is 0 Å². The summed E-state index contributed by atoms with van der Waals surface area (Å²) in [5.74, 6) is 0.673. The summed E-state index contributed by atoms with van der Waals surface area (Å²) in [5.41, 5.74) is 2.28. The van der Waals surface area contributed by atoms with Gasteiger partial charge in [-0.15, -0.1) is 0 Å². The highest BCUT2D eigenvalue weighted by Crippen LogP contribution is 2.29.